The molecule has 0 radical (unpaired) electrons. The highest BCUT2D eigenvalue weighted by molar-refractivity contribution is 5.85. The molecule has 2 amide bonds. The topological polar surface area (TPSA) is 52.7 Å². The molecule has 1 N–H and O–H groups in total. The first-order valence-corrected chi connectivity index (χ1v) is 8.10. The van der Waals surface area contributed by atoms with Gasteiger partial charge in [-0.25, -0.2) is 0 Å². The van der Waals surface area contributed by atoms with Crippen LogP contribution in [0.15, 0.2) is 0 Å². The Morgan fingerprint density at radius 3 is 2.36 bits per heavy atom. The van der Waals surface area contributed by atoms with Gasteiger partial charge in [-0.2, -0.15) is 0 Å². The average Bonchev–Trinajstić information content (AvgIpc) is 2.45. The molecule has 5 nitrogen and oxygen atoms in total. The summed E-state index contributed by atoms with van der Waals surface area (Å²) in [6, 6.07) is 0.360. The van der Waals surface area contributed by atoms with E-state index < -0.39 is 0 Å². The van der Waals surface area contributed by atoms with Crippen LogP contribution in [0.4, 0.5) is 0 Å². The van der Waals surface area contributed by atoms with Gasteiger partial charge in [-0.15, -0.1) is 12.4 Å². The Labute approximate surface area is 140 Å². The molecule has 128 valence electrons. The summed E-state index contributed by atoms with van der Waals surface area (Å²) in [5, 5.41) is 3.36. The second-order valence-electron chi connectivity index (χ2n) is 7.48. The van der Waals surface area contributed by atoms with E-state index in [1.807, 2.05) is 30.6 Å². The molecule has 2 rings (SSSR count). The van der Waals surface area contributed by atoms with Crippen LogP contribution in [0, 0.1) is 11.3 Å². The molecule has 2 atom stereocenters. The van der Waals surface area contributed by atoms with Crippen LogP contribution in [-0.2, 0) is 9.59 Å². The van der Waals surface area contributed by atoms with Gasteiger partial charge in [0.15, 0.2) is 0 Å². The van der Waals surface area contributed by atoms with Gasteiger partial charge in [-0.1, -0.05) is 20.8 Å². The number of carbonyl (C=O) groups excluding carboxylic acids is 2. The van der Waals surface area contributed by atoms with Crippen LogP contribution >= 0.6 is 12.4 Å². The third-order valence-electron chi connectivity index (χ3n) is 4.38. The maximum atomic E-state index is 12.7. The Bertz CT molecular complexity index is 409. The van der Waals surface area contributed by atoms with E-state index in [4.69, 9.17) is 0 Å². The van der Waals surface area contributed by atoms with Crippen molar-refractivity contribution in [2.45, 2.75) is 46.6 Å². The number of carbonyl (C=O) groups is 2. The van der Waals surface area contributed by atoms with Crippen molar-refractivity contribution < 1.29 is 9.59 Å². The SMILES string of the molecule is CC1CN(C(=O)C2CCCN(C(=O)C(C)(C)C)C2)CCN1.Cl. The van der Waals surface area contributed by atoms with Crippen molar-refractivity contribution >= 4 is 24.2 Å². The Kier molecular flexibility index (Phi) is 6.68. The van der Waals surface area contributed by atoms with Crippen molar-refractivity contribution in [1.29, 1.82) is 0 Å². The summed E-state index contributed by atoms with van der Waals surface area (Å²) in [6.45, 7) is 11.7. The van der Waals surface area contributed by atoms with Gasteiger partial charge in [0.25, 0.3) is 0 Å². The number of nitrogens with zero attached hydrogens (tertiary/aromatic N) is 2. The fourth-order valence-corrected chi connectivity index (χ4v) is 3.23. The molecule has 0 spiro atoms. The molecule has 0 aromatic heterocycles. The van der Waals surface area contributed by atoms with Crippen molar-refractivity contribution in [1.82, 2.24) is 15.1 Å². The highest BCUT2D eigenvalue weighted by atomic mass is 35.5. The average molecular weight is 332 g/mol. The zero-order valence-electron chi connectivity index (χ0n) is 14.2. The maximum absolute atomic E-state index is 12.7. The van der Waals surface area contributed by atoms with Crippen LogP contribution < -0.4 is 5.32 Å². The third-order valence-corrected chi connectivity index (χ3v) is 4.38. The molecule has 2 saturated heterocycles. The van der Waals surface area contributed by atoms with Crippen LogP contribution in [0.2, 0.25) is 0 Å². The summed E-state index contributed by atoms with van der Waals surface area (Å²) in [7, 11) is 0. The summed E-state index contributed by atoms with van der Waals surface area (Å²) >= 11 is 0. The molecule has 2 fully saturated rings. The van der Waals surface area contributed by atoms with Crippen LogP contribution in [0.1, 0.15) is 40.5 Å². The molecule has 22 heavy (non-hydrogen) atoms. The molecular formula is C16H30ClN3O2. The van der Waals surface area contributed by atoms with Gasteiger partial charge in [0.2, 0.25) is 11.8 Å². The van der Waals surface area contributed by atoms with Crippen molar-refractivity contribution in [3.63, 3.8) is 0 Å². The Morgan fingerprint density at radius 1 is 1.09 bits per heavy atom. The first kappa shape index (κ1) is 19.2. The van der Waals surface area contributed by atoms with E-state index >= 15 is 0 Å². The normalized spacial score (nSPS) is 26.4. The molecule has 6 heteroatoms. The number of piperidine rings is 1. The van der Waals surface area contributed by atoms with E-state index in [-0.39, 0.29) is 35.6 Å². The lowest BCUT2D eigenvalue weighted by Crippen LogP contribution is -2.55. The van der Waals surface area contributed by atoms with E-state index in [9.17, 15) is 9.59 Å². The summed E-state index contributed by atoms with van der Waals surface area (Å²) in [5.41, 5.74) is -0.367. The lowest BCUT2D eigenvalue weighted by atomic mass is 9.90. The van der Waals surface area contributed by atoms with Crippen molar-refractivity contribution in [3.05, 3.63) is 0 Å². The Hall–Kier alpha value is -0.810. The molecule has 2 unspecified atom stereocenters. The number of amides is 2. The van der Waals surface area contributed by atoms with Gasteiger partial charge in [-0.05, 0) is 19.8 Å². The van der Waals surface area contributed by atoms with E-state index in [0.717, 1.165) is 39.0 Å². The highest BCUT2D eigenvalue weighted by Crippen LogP contribution is 2.24. The molecule has 2 aliphatic heterocycles. The molecule has 0 bridgehead atoms. The second-order valence-corrected chi connectivity index (χ2v) is 7.48. The van der Waals surface area contributed by atoms with E-state index in [1.165, 1.54) is 0 Å². The minimum atomic E-state index is -0.367. The van der Waals surface area contributed by atoms with Crippen LogP contribution in [-0.4, -0.2) is 60.4 Å². The number of hydrogen-bond donors (Lipinski definition) is 1. The minimum absolute atomic E-state index is 0. The summed E-state index contributed by atoms with van der Waals surface area (Å²) < 4.78 is 0. The van der Waals surface area contributed by atoms with Crippen molar-refractivity contribution in [2.75, 3.05) is 32.7 Å². The van der Waals surface area contributed by atoms with Gasteiger partial charge in [0.05, 0.1) is 5.92 Å². The quantitative estimate of drug-likeness (QED) is 0.792. The molecule has 0 aromatic carbocycles. The fourth-order valence-electron chi connectivity index (χ4n) is 3.23. The van der Waals surface area contributed by atoms with Gasteiger partial charge in [0.1, 0.15) is 0 Å². The number of piperazine rings is 1. The lowest BCUT2D eigenvalue weighted by molar-refractivity contribution is -0.145. The largest absolute Gasteiger partial charge is 0.341 e. The minimum Gasteiger partial charge on any atom is -0.341 e. The summed E-state index contributed by atoms with van der Waals surface area (Å²) in [6.07, 6.45) is 1.84. The Morgan fingerprint density at radius 2 is 1.77 bits per heavy atom. The number of hydrogen-bond acceptors (Lipinski definition) is 3. The van der Waals surface area contributed by atoms with Gasteiger partial charge >= 0.3 is 0 Å². The van der Waals surface area contributed by atoms with Gasteiger partial charge in [-0.3, -0.25) is 9.59 Å². The summed E-state index contributed by atoms with van der Waals surface area (Å²) in [4.78, 5) is 28.9. The smallest absolute Gasteiger partial charge is 0.227 e. The van der Waals surface area contributed by atoms with E-state index in [2.05, 4.69) is 12.2 Å². The van der Waals surface area contributed by atoms with Crippen molar-refractivity contribution in [2.24, 2.45) is 11.3 Å². The molecule has 0 saturated carbocycles. The predicted octanol–water partition coefficient (Wildman–Crippen LogP) is 1.51. The second kappa shape index (κ2) is 7.64. The first-order valence-electron chi connectivity index (χ1n) is 8.10. The highest BCUT2D eigenvalue weighted by Gasteiger charge is 2.35. The molecule has 0 aliphatic carbocycles. The third kappa shape index (κ3) is 4.59. The number of rotatable bonds is 1. The van der Waals surface area contributed by atoms with E-state index in [0.29, 0.717) is 12.6 Å². The van der Waals surface area contributed by atoms with Crippen LogP contribution in [0.5, 0.6) is 0 Å². The Balaban J connectivity index is 0.00000242. The monoisotopic (exact) mass is 331 g/mol. The molecule has 2 aliphatic rings. The number of likely N-dealkylation sites (tertiary alicyclic amines) is 1. The predicted molar refractivity (Wildman–Crippen MR) is 90.1 cm³/mol. The van der Waals surface area contributed by atoms with Crippen LogP contribution in [0.25, 0.3) is 0 Å². The zero-order chi connectivity index (χ0) is 15.6. The molecule has 2 heterocycles. The molecule has 0 aromatic rings. The first-order chi connectivity index (χ1) is 9.79. The number of nitrogens with one attached hydrogen (secondary N) is 1. The maximum Gasteiger partial charge on any atom is 0.227 e. The summed E-state index contributed by atoms with van der Waals surface area (Å²) in [5.74, 6) is 0.374. The van der Waals surface area contributed by atoms with Gasteiger partial charge in [0, 0.05) is 44.2 Å². The molecular weight excluding hydrogens is 302 g/mol. The van der Waals surface area contributed by atoms with Crippen LogP contribution in [0.3, 0.4) is 0 Å². The van der Waals surface area contributed by atoms with Gasteiger partial charge < -0.3 is 15.1 Å². The standard InChI is InChI=1S/C16H29N3O2.ClH/c1-12-10-18(9-7-17-12)14(20)13-6-5-8-19(11-13)15(21)16(2,3)4;/h12-13,17H,5-11H2,1-4H3;1H. The zero-order valence-corrected chi connectivity index (χ0v) is 15.0. The van der Waals surface area contributed by atoms with E-state index in [1.54, 1.807) is 0 Å². The fraction of sp³-hybridized carbons (Fsp3) is 0.875. The number of halogens is 1. The van der Waals surface area contributed by atoms with Crippen molar-refractivity contribution in [3.8, 4) is 0 Å². The lowest BCUT2D eigenvalue weighted by Gasteiger charge is -2.39.